The average molecular weight is 143 g/mol. The van der Waals surface area contributed by atoms with Crippen LogP contribution in [0.1, 0.15) is 27.2 Å². The molecule has 1 aliphatic heterocycles. The van der Waals surface area contributed by atoms with Crippen LogP contribution in [0, 0.1) is 0 Å². The van der Waals surface area contributed by atoms with Crippen LogP contribution in [0.5, 0.6) is 0 Å². The molecule has 0 radical (unpaired) electrons. The lowest BCUT2D eigenvalue weighted by Crippen LogP contribution is -2.59. The molecule has 0 aromatic rings. The minimum atomic E-state index is 0.230. The van der Waals surface area contributed by atoms with Crippen LogP contribution in [0.15, 0.2) is 0 Å². The van der Waals surface area contributed by atoms with Gasteiger partial charge in [0, 0.05) is 18.6 Å². The summed E-state index contributed by atoms with van der Waals surface area (Å²) in [6.07, 6.45) is 1.23. The SMILES string of the molecule is CC(C)(C)N1CCCNN1. The van der Waals surface area contributed by atoms with Crippen molar-refractivity contribution in [2.24, 2.45) is 0 Å². The van der Waals surface area contributed by atoms with E-state index < -0.39 is 0 Å². The molecule has 10 heavy (non-hydrogen) atoms. The number of rotatable bonds is 0. The second kappa shape index (κ2) is 2.86. The van der Waals surface area contributed by atoms with Gasteiger partial charge in [0.1, 0.15) is 0 Å². The topological polar surface area (TPSA) is 27.3 Å². The minimum Gasteiger partial charge on any atom is -0.244 e. The average Bonchev–Trinajstić information content (AvgIpc) is 1.88. The molecular formula is C7H17N3. The molecule has 0 spiro atoms. The third kappa shape index (κ3) is 1.94. The highest BCUT2D eigenvalue weighted by molar-refractivity contribution is 4.74. The van der Waals surface area contributed by atoms with Crippen molar-refractivity contribution in [2.45, 2.75) is 32.7 Å². The predicted octanol–water partition coefficient (Wildman–Crippen LogP) is 0.500. The first-order valence-electron chi connectivity index (χ1n) is 3.87. The third-order valence-corrected chi connectivity index (χ3v) is 1.71. The Morgan fingerprint density at radius 2 is 2.00 bits per heavy atom. The first kappa shape index (κ1) is 7.98. The first-order valence-corrected chi connectivity index (χ1v) is 3.87. The van der Waals surface area contributed by atoms with Gasteiger partial charge in [-0.2, -0.15) is 5.53 Å². The zero-order chi connectivity index (χ0) is 7.61. The molecule has 0 atom stereocenters. The van der Waals surface area contributed by atoms with E-state index in [1.807, 2.05) is 0 Å². The van der Waals surface area contributed by atoms with E-state index in [0.29, 0.717) is 0 Å². The van der Waals surface area contributed by atoms with Crippen molar-refractivity contribution in [2.75, 3.05) is 13.1 Å². The number of hydrazine groups is 2. The van der Waals surface area contributed by atoms with Crippen molar-refractivity contribution >= 4 is 0 Å². The smallest absolute Gasteiger partial charge is 0.0283 e. The second-order valence-electron chi connectivity index (χ2n) is 3.71. The molecule has 0 amide bonds. The summed E-state index contributed by atoms with van der Waals surface area (Å²) < 4.78 is 0. The maximum absolute atomic E-state index is 3.14. The summed E-state index contributed by atoms with van der Waals surface area (Å²) in [5, 5.41) is 2.22. The van der Waals surface area contributed by atoms with Crippen LogP contribution in [-0.2, 0) is 0 Å². The van der Waals surface area contributed by atoms with E-state index in [-0.39, 0.29) is 5.54 Å². The van der Waals surface area contributed by atoms with Gasteiger partial charge in [-0.15, -0.1) is 0 Å². The lowest BCUT2D eigenvalue weighted by Gasteiger charge is -2.38. The Hall–Kier alpha value is -0.120. The van der Waals surface area contributed by atoms with Crippen molar-refractivity contribution in [3.8, 4) is 0 Å². The second-order valence-corrected chi connectivity index (χ2v) is 3.71. The van der Waals surface area contributed by atoms with E-state index in [4.69, 9.17) is 0 Å². The fourth-order valence-electron chi connectivity index (χ4n) is 1.04. The van der Waals surface area contributed by atoms with Crippen LogP contribution in [0.4, 0.5) is 0 Å². The molecule has 0 unspecified atom stereocenters. The van der Waals surface area contributed by atoms with Gasteiger partial charge in [-0.3, -0.25) is 0 Å². The molecule has 0 aromatic carbocycles. The number of hydrogen-bond donors (Lipinski definition) is 2. The molecule has 0 aliphatic carbocycles. The maximum Gasteiger partial charge on any atom is 0.0283 e. The molecule has 60 valence electrons. The summed E-state index contributed by atoms with van der Waals surface area (Å²) in [4.78, 5) is 0. The third-order valence-electron chi connectivity index (χ3n) is 1.71. The molecule has 0 bridgehead atoms. The van der Waals surface area contributed by atoms with Gasteiger partial charge in [0.2, 0.25) is 0 Å². The van der Waals surface area contributed by atoms with Gasteiger partial charge < -0.3 is 0 Å². The van der Waals surface area contributed by atoms with Gasteiger partial charge in [0.05, 0.1) is 0 Å². The molecule has 3 nitrogen and oxygen atoms in total. The van der Waals surface area contributed by atoms with E-state index >= 15 is 0 Å². The van der Waals surface area contributed by atoms with Crippen molar-refractivity contribution < 1.29 is 0 Å². The molecule has 3 heteroatoms. The molecule has 0 saturated carbocycles. The van der Waals surface area contributed by atoms with Crippen molar-refractivity contribution in [3.05, 3.63) is 0 Å². The van der Waals surface area contributed by atoms with Crippen LogP contribution in [-0.4, -0.2) is 23.6 Å². The van der Waals surface area contributed by atoms with Crippen LogP contribution >= 0.6 is 0 Å². The van der Waals surface area contributed by atoms with E-state index in [1.165, 1.54) is 6.42 Å². The zero-order valence-corrected chi connectivity index (χ0v) is 7.07. The largest absolute Gasteiger partial charge is 0.244 e. The Kier molecular flexibility index (Phi) is 2.28. The van der Waals surface area contributed by atoms with Crippen molar-refractivity contribution in [3.63, 3.8) is 0 Å². The van der Waals surface area contributed by atoms with Gasteiger partial charge in [-0.1, -0.05) is 0 Å². The van der Waals surface area contributed by atoms with E-state index in [0.717, 1.165) is 13.1 Å². The standard InChI is InChI=1S/C7H17N3/c1-7(2,3)10-6-4-5-8-9-10/h8-9H,4-6H2,1-3H3. The molecule has 2 N–H and O–H groups in total. The van der Waals surface area contributed by atoms with E-state index in [1.54, 1.807) is 0 Å². The zero-order valence-electron chi connectivity index (χ0n) is 7.07. The summed E-state index contributed by atoms with van der Waals surface area (Å²) in [7, 11) is 0. The van der Waals surface area contributed by atoms with Crippen LogP contribution in [0.2, 0.25) is 0 Å². The van der Waals surface area contributed by atoms with Crippen LogP contribution in [0.3, 0.4) is 0 Å². The Bertz CT molecular complexity index is 99.9. The number of hydrogen-bond acceptors (Lipinski definition) is 3. The molecule has 1 heterocycles. The Morgan fingerprint density at radius 1 is 1.30 bits per heavy atom. The van der Waals surface area contributed by atoms with Gasteiger partial charge in [0.15, 0.2) is 0 Å². The Labute approximate surface area is 62.7 Å². The lowest BCUT2D eigenvalue weighted by atomic mass is 10.1. The van der Waals surface area contributed by atoms with E-state index in [9.17, 15) is 0 Å². The fourth-order valence-corrected chi connectivity index (χ4v) is 1.04. The molecule has 1 fully saturated rings. The summed E-state index contributed by atoms with van der Waals surface area (Å²) in [6.45, 7) is 8.82. The van der Waals surface area contributed by atoms with Gasteiger partial charge in [0.25, 0.3) is 0 Å². The van der Waals surface area contributed by atoms with Crippen LogP contribution < -0.4 is 11.0 Å². The minimum absolute atomic E-state index is 0.230. The van der Waals surface area contributed by atoms with Crippen molar-refractivity contribution in [1.29, 1.82) is 0 Å². The highest BCUT2D eigenvalue weighted by atomic mass is 15.7. The maximum atomic E-state index is 3.14. The lowest BCUT2D eigenvalue weighted by molar-refractivity contribution is 0.0257. The summed E-state index contributed by atoms with van der Waals surface area (Å²) >= 11 is 0. The normalized spacial score (nSPS) is 23.1. The van der Waals surface area contributed by atoms with Gasteiger partial charge in [-0.05, 0) is 27.2 Å². The highest BCUT2D eigenvalue weighted by Crippen LogP contribution is 2.10. The predicted molar refractivity (Wildman–Crippen MR) is 42.2 cm³/mol. The highest BCUT2D eigenvalue weighted by Gasteiger charge is 2.22. The molecular weight excluding hydrogens is 126 g/mol. The van der Waals surface area contributed by atoms with Gasteiger partial charge in [-0.25, -0.2) is 10.4 Å². The first-order chi connectivity index (χ1) is 4.61. The van der Waals surface area contributed by atoms with E-state index in [2.05, 4.69) is 36.7 Å². The molecule has 1 aliphatic rings. The number of nitrogens with zero attached hydrogens (tertiary/aromatic N) is 1. The Morgan fingerprint density at radius 3 is 2.30 bits per heavy atom. The van der Waals surface area contributed by atoms with Crippen molar-refractivity contribution in [1.82, 2.24) is 16.0 Å². The number of nitrogens with one attached hydrogen (secondary N) is 2. The molecule has 1 rings (SSSR count). The monoisotopic (exact) mass is 143 g/mol. The summed E-state index contributed by atoms with van der Waals surface area (Å²) in [6, 6.07) is 0. The quantitative estimate of drug-likeness (QED) is 0.517. The summed E-state index contributed by atoms with van der Waals surface area (Å²) in [5.74, 6) is 0. The summed E-state index contributed by atoms with van der Waals surface area (Å²) in [5.41, 5.74) is 6.49. The van der Waals surface area contributed by atoms with Gasteiger partial charge >= 0.3 is 0 Å². The fraction of sp³-hybridized carbons (Fsp3) is 1.00. The Balaban J connectivity index is 2.39. The molecule has 0 aromatic heterocycles. The molecule has 1 saturated heterocycles. The van der Waals surface area contributed by atoms with Crippen LogP contribution in [0.25, 0.3) is 0 Å².